The normalized spacial score (nSPS) is 11.5. The second-order valence-corrected chi connectivity index (χ2v) is 39.2. The maximum atomic E-state index is 2.38. The van der Waals surface area contributed by atoms with Crippen LogP contribution in [0.5, 0.6) is 0 Å². The summed E-state index contributed by atoms with van der Waals surface area (Å²) in [5.41, 5.74) is 40.4. The maximum Gasteiger partial charge on any atom is -0.00141 e. The average Bonchev–Trinajstić information content (AvgIpc) is 0.720. The van der Waals surface area contributed by atoms with Gasteiger partial charge in [0.05, 0.1) is 0 Å². The van der Waals surface area contributed by atoms with E-state index in [9.17, 15) is 0 Å². The molecule has 0 saturated heterocycles. The molecule has 0 heterocycles. The number of aryl methyl sites for hydroxylation is 9. The van der Waals surface area contributed by atoms with Crippen LogP contribution in [0.3, 0.4) is 0 Å². The molecule has 26 aromatic carbocycles. The molecule has 0 spiro atoms. The zero-order chi connectivity index (χ0) is 97.2. The van der Waals surface area contributed by atoms with Crippen molar-refractivity contribution in [3.05, 3.63) is 528 Å². The van der Waals surface area contributed by atoms with Gasteiger partial charge < -0.3 is 0 Å². The van der Waals surface area contributed by atoms with E-state index < -0.39 is 0 Å². The second kappa shape index (κ2) is 37.9. The van der Waals surface area contributed by atoms with Crippen molar-refractivity contribution in [1.29, 1.82) is 0 Å². The SMILES string of the molecule is Cc1cc2c(-c3ccccc3)c3cc(C)c(C)cc3c(-c3ccccc3)c2cc1C.Cc1ccc2c(-c3cc(C)c(C)c(C)c3)c3ccccc3c(-c3cc(C)c(C)c(C)c3)c2c1.c1ccc(-c2c3ccccc3c(-c3ccc4ccccc4c3)c3c2ccc2ccccc23)cc1.c1ccc(-c2ccc(-c3ccccc3-c3c4ccccc4c(-c4ccc5ccccc5c4)c4c3ccc3ccccc34)cc2)cc1. The van der Waals surface area contributed by atoms with E-state index in [2.05, 4.69) is 543 Å². The van der Waals surface area contributed by atoms with E-state index in [1.165, 1.54) is 302 Å². The van der Waals surface area contributed by atoms with Crippen LogP contribution in [0.2, 0.25) is 0 Å². The van der Waals surface area contributed by atoms with Gasteiger partial charge in [0.1, 0.15) is 0 Å². The standard InChI is InChI=1S/C46H30.C34H22.C33H32.C30H26/c1-2-12-31(13-3-1)33-22-25-35(26-23-33)38-17-8-9-19-40(38)45-42-21-11-10-20-41(42)44(37-27-24-32-14-4-5-16-36(32)30-37)46-39-18-7-6-15-34(39)28-29-43(45)46;1-2-12-25(13-3-1)32-29-16-8-9-17-30(29)33(27-19-18-23-10-4-5-14-26(23)22-27)34-28-15-7-6-11-24(28)20-21-31(32)34;1-19-12-13-30-31(14-19)33(27-17-22(4)25(7)23(5)18-27)29-11-9-8-10-28(29)32(30)26-15-20(2)24(6)21(3)16-26;1-19-15-25-26(16-20(19)2)30(24-13-9-6-10-14-24)28-18-22(4)21(3)17-27(28)29(25)23-11-7-5-8-12-23/h1-30H;1-22H;8-18H,1-7H3;5-18H,1-4H3. The van der Waals surface area contributed by atoms with Gasteiger partial charge in [0.2, 0.25) is 0 Å². The quantitative estimate of drug-likeness (QED) is 0.0946. The number of hydrogen-bond donors (Lipinski definition) is 0. The molecule has 0 amide bonds. The lowest BCUT2D eigenvalue weighted by Gasteiger charge is -2.21. The van der Waals surface area contributed by atoms with Crippen molar-refractivity contribution in [3.8, 4) is 111 Å². The van der Waals surface area contributed by atoms with Gasteiger partial charge in [-0.1, -0.05) is 461 Å². The van der Waals surface area contributed by atoms with Gasteiger partial charge in [-0.15, -0.1) is 0 Å². The molecule has 682 valence electrons. The monoisotopic (exact) mass is 1830 g/mol. The Hall–Kier alpha value is -17.2. The fourth-order valence-corrected chi connectivity index (χ4v) is 22.7. The minimum Gasteiger partial charge on any atom is -0.0622 e. The zero-order valence-electron chi connectivity index (χ0n) is 83.0. The highest BCUT2D eigenvalue weighted by atomic mass is 14.3. The Morgan fingerprint density at radius 1 is 0.112 bits per heavy atom. The Morgan fingerprint density at radius 3 is 0.762 bits per heavy atom. The van der Waals surface area contributed by atoms with Crippen LogP contribution in [0.1, 0.15) is 61.2 Å². The van der Waals surface area contributed by atoms with Crippen LogP contribution in [0.25, 0.3) is 241 Å². The van der Waals surface area contributed by atoms with E-state index in [0.717, 1.165) is 0 Å². The zero-order valence-corrected chi connectivity index (χ0v) is 83.0. The molecule has 0 aromatic heterocycles. The molecule has 0 nitrogen and oxygen atoms in total. The van der Waals surface area contributed by atoms with E-state index in [-0.39, 0.29) is 0 Å². The average molecular weight is 1830 g/mol. The predicted octanol–water partition coefficient (Wildman–Crippen LogP) is 40.6. The van der Waals surface area contributed by atoms with Gasteiger partial charge in [0.25, 0.3) is 0 Å². The Morgan fingerprint density at radius 2 is 0.364 bits per heavy atom. The summed E-state index contributed by atoms with van der Waals surface area (Å²) in [6, 6.07) is 172. The van der Waals surface area contributed by atoms with Gasteiger partial charge in [-0.3, -0.25) is 0 Å². The first kappa shape index (κ1) is 89.7. The summed E-state index contributed by atoms with van der Waals surface area (Å²) in [6.45, 7) is 24.4. The van der Waals surface area contributed by atoms with Crippen molar-refractivity contribution in [2.45, 2.75) is 76.2 Å². The Kier molecular flexibility index (Phi) is 23.8. The van der Waals surface area contributed by atoms with Crippen molar-refractivity contribution in [2.24, 2.45) is 0 Å². The topological polar surface area (TPSA) is 0 Å². The number of hydrogen-bond acceptors (Lipinski definition) is 0. The molecule has 0 saturated carbocycles. The lowest BCUT2D eigenvalue weighted by Crippen LogP contribution is -1.95. The van der Waals surface area contributed by atoms with Gasteiger partial charge in [0, 0.05) is 0 Å². The van der Waals surface area contributed by atoms with E-state index in [4.69, 9.17) is 0 Å². The Balaban J connectivity index is 0.000000107. The second-order valence-electron chi connectivity index (χ2n) is 39.2. The summed E-state index contributed by atoms with van der Waals surface area (Å²) in [6.07, 6.45) is 0. The first-order valence-corrected chi connectivity index (χ1v) is 50.2. The highest BCUT2D eigenvalue weighted by Crippen LogP contribution is 2.53. The minimum absolute atomic E-state index is 1.21. The van der Waals surface area contributed by atoms with Gasteiger partial charge in [-0.2, -0.15) is 0 Å². The van der Waals surface area contributed by atoms with Gasteiger partial charge in [0.15, 0.2) is 0 Å². The van der Waals surface area contributed by atoms with Crippen molar-refractivity contribution in [2.75, 3.05) is 0 Å². The molecule has 0 aliphatic heterocycles. The molecular formula is C143H110. The van der Waals surface area contributed by atoms with Crippen LogP contribution in [0, 0.1) is 76.2 Å². The van der Waals surface area contributed by atoms with Crippen LogP contribution < -0.4 is 0 Å². The first-order valence-electron chi connectivity index (χ1n) is 50.2. The van der Waals surface area contributed by atoms with E-state index in [1.54, 1.807) is 0 Å². The third-order valence-electron chi connectivity index (χ3n) is 30.5. The lowest BCUT2D eigenvalue weighted by molar-refractivity contribution is 1.27. The van der Waals surface area contributed by atoms with Gasteiger partial charge in [-0.05, 0) is 384 Å². The third-order valence-corrected chi connectivity index (χ3v) is 30.5. The van der Waals surface area contributed by atoms with E-state index >= 15 is 0 Å². The Labute approximate surface area is 838 Å². The van der Waals surface area contributed by atoms with Gasteiger partial charge >= 0.3 is 0 Å². The van der Waals surface area contributed by atoms with Gasteiger partial charge in [-0.25, -0.2) is 0 Å². The molecule has 0 aliphatic rings. The van der Waals surface area contributed by atoms with Crippen molar-refractivity contribution in [3.63, 3.8) is 0 Å². The Bertz CT molecular complexity index is 9300. The largest absolute Gasteiger partial charge is 0.0622 e. The molecule has 0 bridgehead atoms. The minimum atomic E-state index is 1.21. The molecule has 0 unspecified atom stereocenters. The lowest BCUT2D eigenvalue weighted by atomic mass is 9.82. The van der Waals surface area contributed by atoms with Crippen LogP contribution in [-0.2, 0) is 0 Å². The third kappa shape index (κ3) is 16.5. The fraction of sp³-hybridized carbons (Fsp3) is 0.0769. The van der Waals surface area contributed by atoms with Crippen LogP contribution >= 0.6 is 0 Å². The van der Waals surface area contributed by atoms with Crippen LogP contribution in [0.4, 0.5) is 0 Å². The predicted molar refractivity (Wildman–Crippen MR) is 622 cm³/mol. The maximum absolute atomic E-state index is 2.38. The molecule has 26 aromatic rings. The number of rotatable bonds is 10. The highest BCUT2D eigenvalue weighted by molar-refractivity contribution is 6.31. The van der Waals surface area contributed by atoms with Crippen molar-refractivity contribution < 1.29 is 0 Å². The fourth-order valence-electron chi connectivity index (χ4n) is 22.7. The van der Waals surface area contributed by atoms with E-state index in [1.807, 2.05) is 0 Å². The summed E-state index contributed by atoms with van der Waals surface area (Å²) in [5, 5.41) is 31.1. The smallest absolute Gasteiger partial charge is 0.00141 e. The number of fused-ring (bicyclic) bond motifs is 14. The van der Waals surface area contributed by atoms with Crippen molar-refractivity contribution >= 4 is 129 Å². The van der Waals surface area contributed by atoms with Crippen LogP contribution in [-0.4, -0.2) is 0 Å². The summed E-state index contributed by atoms with van der Waals surface area (Å²) < 4.78 is 0. The summed E-state index contributed by atoms with van der Waals surface area (Å²) in [5.74, 6) is 0. The highest BCUT2D eigenvalue weighted by Gasteiger charge is 2.26. The summed E-state index contributed by atoms with van der Waals surface area (Å²) in [4.78, 5) is 0. The molecule has 143 heavy (non-hydrogen) atoms. The molecule has 0 aliphatic carbocycles. The molecule has 26 rings (SSSR count). The first-order chi connectivity index (χ1) is 70.0. The van der Waals surface area contributed by atoms with Crippen LogP contribution in [0.15, 0.2) is 467 Å². The van der Waals surface area contributed by atoms with Crippen molar-refractivity contribution in [1.82, 2.24) is 0 Å². The number of benzene rings is 26. The summed E-state index contributed by atoms with van der Waals surface area (Å²) in [7, 11) is 0. The molecular weight excluding hydrogens is 1720 g/mol. The molecule has 0 fully saturated rings. The molecule has 0 N–H and O–H groups in total. The molecule has 0 radical (unpaired) electrons. The molecule has 0 heteroatoms. The molecule has 0 atom stereocenters. The van der Waals surface area contributed by atoms with E-state index in [0.29, 0.717) is 0 Å². The summed E-state index contributed by atoms with van der Waals surface area (Å²) >= 11 is 0.